The Morgan fingerprint density at radius 3 is 2.67 bits per heavy atom. The van der Waals surface area contributed by atoms with Crippen molar-refractivity contribution < 1.29 is 9.28 Å². The average Bonchev–Trinajstić information content (AvgIpc) is 2.44. The SMILES string of the molecule is CCC1(C)C(C)[N+]12CCCC2=O. The van der Waals surface area contributed by atoms with Gasteiger partial charge in [0.05, 0.1) is 13.0 Å². The molecule has 2 saturated heterocycles. The molecule has 12 heavy (non-hydrogen) atoms. The fourth-order valence-corrected chi connectivity index (χ4v) is 3.23. The van der Waals surface area contributed by atoms with Crippen LogP contribution < -0.4 is 0 Å². The molecule has 0 N–H and O–H groups in total. The van der Waals surface area contributed by atoms with Crippen molar-refractivity contribution in [2.24, 2.45) is 0 Å². The summed E-state index contributed by atoms with van der Waals surface area (Å²) in [6.45, 7) is 7.80. The number of carbonyl (C=O) groups is 1. The normalized spacial score (nSPS) is 51.9. The largest absolute Gasteiger partial charge is 0.314 e. The van der Waals surface area contributed by atoms with Crippen molar-refractivity contribution in [2.75, 3.05) is 6.54 Å². The first-order valence-electron chi connectivity index (χ1n) is 5.01. The van der Waals surface area contributed by atoms with Gasteiger partial charge in [0, 0.05) is 12.8 Å². The molecule has 2 nitrogen and oxygen atoms in total. The molecule has 0 aromatic carbocycles. The highest BCUT2D eigenvalue weighted by atomic mass is 16.2. The van der Waals surface area contributed by atoms with E-state index in [9.17, 15) is 4.79 Å². The number of quaternary nitrogens is 1. The summed E-state index contributed by atoms with van der Waals surface area (Å²) in [7, 11) is 0. The van der Waals surface area contributed by atoms with Crippen LogP contribution in [0.5, 0.6) is 0 Å². The highest BCUT2D eigenvalue weighted by Gasteiger charge is 2.77. The van der Waals surface area contributed by atoms with Gasteiger partial charge in [-0.3, -0.25) is 0 Å². The number of hydrogen-bond donors (Lipinski definition) is 0. The van der Waals surface area contributed by atoms with E-state index in [0.29, 0.717) is 11.9 Å². The van der Waals surface area contributed by atoms with E-state index in [0.717, 1.165) is 30.3 Å². The summed E-state index contributed by atoms with van der Waals surface area (Å²) in [5.41, 5.74) is 0.285. The zero-order valence-electron chi connectivity index (χ0n) is 8.26. The van der Waals surface area contributed by atoms with E-state index >= 15 is 0 Å². The van der Waals surface area contributed by atoms with Crippen molar-refractivity contribution in [1.82, 2.24) is 0 Å². The van der Waals surface area contributed by atoms with Crippen molar-refractivity contribution in [1.29, 1.82) is 0 Å². The zero-order valence-corrected chi connectivity index (χ0v) is 8.26. The number of hydrogen-bond acceptors (Lipinski definition) is 1. The minimum absolute atomic E-state index is 0.285. The van der Waals surface area contributed by atoms with Gasteiger partial charge in [-0.15, -0.1) is 0 Å². The van der Waals surface area contributed by atoms with Crippen LogP contribution in [-0.2, 0) is 4.79 Å². The lowest BCUT2D eigenvalue weighted by Crippen LogP contribution is -2.35. The highest BCUT2D eigenvalue weighted by molar-refractivity contribution is 5.73. The van der Waals surface area contributed by atoms with E-state index in [-0.39, 0.29) is 5.54 Å². The van der Waals surface area contributed by atoms with Crippen LogP contribution in [0.4, 0.5) is 0 Å². The zero-order chi connectivity index (χ0) is 8.98. The molecular formula is C10H18NO+. The lowest BCUT2D eigenvalue weighted by molar-refractivity contribution is -0.752. The van der Waals surface area contributed by atoms with Crippen LogP contribution in [0.3, 0.4) is 0 Å². The summed E-state index contributed by atoms with van der Waals surface area (Å²) in [5.74, 6) is 0.492. The Morgan fingerprint density at radius 1 is 1.67 bits per heavy atom. The first-order valence-corrected chi connectivity index (χ1v) is 5.01. The molecule has 0 aromatic rings. The van der Waals surface area contributed by atoms with Crippen molar-refractivity contribution in [2.45, 2.75) is 51.6 Å². The predicted octanol–water partition coefficient (Wildman–Crippen LogP) is 1.69. The standard InChI is InChI=1S/C10H18NO/c1-4-10(3)8(2)11(10)7-5-6-9(11)12/h8H,4-7H2,1-3H3/q+1. The topological polar surface area (TPSA) is 17.1 Å². The first-order chi connectivity index (χ1) is 5.59. The van der Waals surface area contributed by atoms with Crippen LogP contribution in [-0.4, -0.2) is 28.5 Å². The molecule has 0 radical (unpaired) electrons. The van der Waals surface area contributed by atoms with Gasteiger partial charge in [0.1, 0.15) is 6.04 Å². The molecular weight excluding hydrogens is 150 g/mol. The Labute approximate surface area is 74.1 Å². The van der Waals surface area contributed by atoms with E-state index in [1.807, 2.05) is 0 Å². The summed E-state index contributed by atoms with van der Waals surface area (Å²) in [6, 6.07) is 0.581. The molecule has 68 valence electrons. The number of nitrogens with zero attached hydrogens (tertiary/aromatic N) is 1. The van der Waals surface area contributed by atoms with Gasteiger partial charge in [-0.05, 0) is 13.8 Å². The third kappa shape index (κ3) is 0.598. The van der Waals surface area contributed by atoms with Crippen LogP contribution in [0.2, 0.25) is 0 Å². The molecule has 2 fully saturated rings. The molecule has 2 heteroatoms. The van der Waals surface area contributed by atoms with Gasteiger partial charge in [0.25, 0.3) is 0 Å². The van der Waals surface area contributed by atoms with Crippen molar-refractivity contribution in [3.8, 4) is 0 Å². The van der Waals surface area contributed by atoms with Gasteiger partial charge in [-0.25, -0.2) is 9.28 Å². The van der Waals surface area contributed by atoms with E-state index in [2.05, 4.69) is 20.8 Å². The Morgan fingerprint density at radius 2 is 2.33 bits per heavy atom. The molecule has 2 heterocycles. The third-order valence-corrected chi connectivity index (χ3v) is 4.47. The fraction of sp³-hybridized carbons (Fsp3) is 0.900. The lowest BCUT2D eigenvalue weighted by atomic mass is 10.1. The second kappa shape index (κ2) is 2.11. The summed E-state index contributed by atoms with van der Waals surface area (Å²) in [4.78, 5) is 11.7. The average molecular weight is 168 g/mol. The minimum Gasteiger partial charge on any atom is -0.244 e. The van der Waals surface area contributed by atoms with Crippen LogP contribution >= 0.6 is 0 Å². The molecule has 0 saturated carbocycles. The summed E-state index contributed by atoms with van der Waals surface area (Å²) in [5, 5.41) is 0. The van der Waals surface area contributed by atoms with Crippen molar-refractivity contribution in [3.63, 3.8) is 0 Å². The Hall–Kier alpha value is -0.370. The number of rotatable bonds is 1. The first kappa shape index (κ1) is 8.24. The number of amides is 1. The fourth-order valence-electron chi connectivity index (χ4n) is 3.23. The molecule has 0 aromatic heterocycles. The van der Waals surface area contributed by atoms with Gasteiger partial charge < -0.3 is 0 Å². The Balaban J connectivity index is 2.31. The maximum Gasteiger partial charge on any atom is 0.314 e. The van der Waals surface area contributed by atoms with Crippen LogP contribution in [0, 0.1) is 0 Å². The van der Waals surface area contributed by atoms with Gasteiger partial charge in [-0.1, -0.05) is 6.92 Å². The molecule has 3 atom stereocenters. The Bertz CT molecular complexity index is 238. The van der Waals surface area contributed by atoms with Gasteiger partial charge in [0.15, 0.2) is 5.54 Å². The molecule has 1 amide bonds. The minimum atomic E-state index is 0.285. The Kier molecular flexibility index (Phi) is 1.45. The van der Waals surface area contributed by atoms with E-state index in [4.69, 9.17) is 0 Å². The van der Waals surface area contributed by atoms with Gasteiger partial charge >= 0.3 is 5.91 Å². The smallest absolute Gasteiger partial charge is 0.244 e. The van der Waals surface area contributed by atoms with E-state index < -0.39 is 0 Å². The number of carbonyl (C=O) groups excluding carboxylic acids is 1. The molecule has 2 aliphatic heterocycles. The molecule has 0 aliphatic carbocycles. The van der Waals surface area contributed by atoms with Crippen LogP contribution in [0.1, 0.15) is 40.0 Å². The molecule has 2 rings (SSSR count). The second-order valence-electron chi connectivity index (χ2n) is 4.48. The maximum absolute atomic E-state index is 11.7. The molecule has 0 bridgehead atoms. The highest BCUT2D eigenvalue weighted by Crippen LogP contribution is 2.55. The summed E-state index contributed by atoms with van der Waals surface area (Å²) >= 11 is 0. The van der Waals surface area contributed by atoms with Gasteiger partial charge in [0.2, 0.25) is 0 Å². The van der Waals surface area contributed by atoms with Crippen molar-refractivity contribution in [3.05, 3.63) is 0 Å². The molecule has 1 spiro atoms. The quantitative estimate of drug-likeness (QED) is 0.430. The predicted molar refractivity (Wildman–Crippen MR) is 47.5 cm³/mol. The van der Waals surface area contributed by atoms with Crippen LogP contribution in [0.15, 0.2) is 0 Å². The second-order valence-corrected chi connectivity index (χ2v) is 4.48. The summed E-state index contributed by atoms with van der Waals surface area (Å²) in [6.07, 6.45) is 3.07. The monoisotopic (exact) mass is 168 g/mol. The lowest BCUT2D eigenvalue weighted by Gasteiger charge is -2.14. The van der Waals surface area contributed by atoms with E-state index in [1.165, 1.54) is 0 Å². The van der Waals surface area contributed by atoms with Gasteiger partial charge in [-0.2, -0.15) is 0 Å². The maximum atomic E-state index is 11.7. The summed E-state index contributed by atoms with van der Waals surface area (Å²) < 4.78 is 0.809. The third-order valence-electron chi connectivity index (χ3n) is 4.47. The van der Waals surface area contributed by atoms with Crippen LogP contribution in [0.25, 0.3) is 0 Å². The molecule has 3 unspecified atom stereocenters. The molecule has 2 aliphatic rings. The van der Waals surface area contributed by atoms with Crippen molar-refractivity contribution >= 4 is 5.91 Å². The van der Waals surface area contributed by atoms with E-state index in [1.54, 1.807) is 0 Å².